The second kappa shape index (κ2) is 7.56. The lowest BCUT2D eigenvalue weighted by Gasteiger charge is -2.33. The van der Waals surface area contributed by atoms with E-state index in [0.29, 0.717) is 6.42 Å². The first-order chi connectivity index (χ1) is 8.97. The molecule has 0 aromatic rings. The van der Waals surface area contributed by atoms with Crippen LogP contribution in [0.3, 0.4) is 0 Å². The Morgan fingerprint density at radius 1 is 1.25 bits per heavy atom. The quantitative estimate of drug-likeness (QED) is 0.556. The van der Waals surface area contributed by atoms with Gasteiger partial charge in [-0.25, -0.2) is 0 Å². The lowest BCUT2D eigenvalue weighted by atomic mass is 9.76. The number of unbranched alkanes of at least 4 members (excludes halogenated alkanes) is 1. The molecule has 2 nitrogen and oxygen atoms in total. The van der Waals surface area contributed by atoms with E-state index in [4.69, 9.17) is 4.74 Å². The molecule has 5 heteroatoms. The Morgan fingerprint density at radius 2 is 1.80 bits per heavy atom. The van der Waals surface area contributed by atoms with Crippen molar-refractivity contribution in [2.24, 2.45) is 11.3 Å². The van der Waals surface area contributed by atoms with Crippen molar-refractivity contribution in [2.45, 2.75) is 66.2 Å². The largest absolute Gasteiger partial charge is 0.461 e. The summed E-state index contributed by atoms with van der Waals surface area (Å²) in [6.45, 7) is 8.62. The van der Waals surface area contributed by atoms with Crippen molar-refractivity contribution < 1.29 is 22.7 Å². The van der Waals surface area contributed by atoms with Crippen molar-refractivity contribution in [3.63, 3.8) is 0 Å². The highest BCUT2D eigenvalue weighted by Crippen LogP contribution is 2.32. The van der Waals surface area contributed by atoms with E-state index < -0.39 is 29.6 Å². The molecule has 0 unspecified atom stereocenters. The second-order valence-electron chi connectivity index (χ2n) is 5.90. The molecule has 0 amide bonds. The molecule has 0 aromatic heterocycles. The molecule has 0 aliphatic rings. The fraction of sp³-hybridized carbons (Fsp3) is 0.800. The lowest BCUT2D eigenvalue weighted by molar-refractivity contribution is -0.150. The Hall–Kier alpha value is -1.18. The van der Waals surface area contributed by atoms with Crippen LogP contribution in [0.2, 0.25) is 0 Å². The summed E-state index contributed by atoms with van der Waals surface area (Å²) in [5.74, 6) is 2.43. The van der Waals surface area contributed by atoms with Gasteiger partial charge in [-0.2, -0.15) is 13.2 Å². The number of alkyl halides is 3. The Labute approximate surface area is 119 Å². The van der Waals surface area contributed by atoms with Gasteiger partial charge >= 0.3 is 12.1 Å². The van der Waals surface area contributed by atoms with Crippen molar-refractivity contribution in [1.29, 1.82) is 0 Å². The van der Waals surface area contributed by atoms with E-state index in [1.165, 1.54) is 12.8 Å². The van der Waals surface area contributed by atoms with Gasteiger partial charge in [0.25, 0.3) is 0 Å². The van der Waals surface area contributed by atoms with Crippen LogP contribution in [0.1, 0.15) is 53.9 Å². The minimum atomic E-state index is -4.53. The molecule has 0 aliphatic heterocycles. The summed E-state index contributed by atoms with van der Waals surface area (Å²) >= 11 is 0. The highest BCUT2D eigenvalue weighted by molar-refractivity contribution is 5.66. The molecule has 0 aliphatic carbocycles. The van der Waals surface area contributed by atoms with Gasteiger partial charge in [-0.05, 0) is 18.3 Å². The molecule has 0 fully saturated rings. The van der Waals surface area contributed by atoms with Gasteiger partial charge in [0.1, 0.15) is 6.10 Å². The number of hydrogen-bond acceptors (Lipinski definition) is 2. The molecule has 0 saturated heterocycles. The Kier molecular flexibility index (Phi) is 7.12. The van der Waals surface area contributed by atoms with Crippen molar-refractivity contribution in [2.75, 3.05) is 0 Å². The van der Waals surface area contributed by atoms with Gasteiger partial charge in [0.05, 0.1) is 5.92 Å². The fourth-order valence-corrected chi connectivity index (χ4v) is 1.94. The number of halogens is 3. The molecule has 0 rings (SSSR count). The van der Waals surface area contributed by atoms with Gasteiger partial charge in [0, 0.05) is 12.8 Å². The first-order valence-electron chi connectivity index (χ1n) is 6.74. The number of carbonyl (C=O) groups excluding carboxylic acids is 1. The SMILES string of the molecule is CCCC[C@H](OC(C)=O)[C@@H](C#CC(F)(F)F)C(C)(C)C. The van der Waals surface area contributed by atoms with Crippen molar-refractivity contribution in [3.8, 4) is 11.8 Å². The highest BCUT2D eigenvalue weighted by Gasteiger charge is 2.34. The van der Waals surface area contributed by atoms with Gasteiger partial charge in [0.2, 0.25) is 0 Å². The minimum Gasteiger partial charge on any atom is -0.461 e. The summed E-state index contributed by atoms with van der Waals surface area (Å²) in [5, 5.41) is 0. The maximum absolute atomic E-state index is 12.3. The van der Waals surface area contributed by atoms with Crippen molar-refractivity contribution >= 4 is 5.97 Å². The predicted molar refractivity (Wildman–Crippen MR) is 71.9 cm³/mol. The van der Waals surface area contributed by atoms with Crippen molar-refractivity contribution in [3.05, 3.63) is 0 Å². The van der Waals surface area contributed by atoms with Crippen LogP contribution in [-0.2, 0) is 9.53 Å². The Balaban J connectivity index is 5.29. The van der Waals surface area contributed by atoms with Crippen LogP contribution in [0.25, 0.3) is 0 Å². The van der Waals surface area contributed by atoms with E-state index in [2.05, 4.69) is 5.92 Å². The standard InChI is InChI=1S/C15H23F3O2/c1-6-7-8-13(20-11(2)19)12(14(3,4)5)9-10-15(16,17)18/h12-13H,6-8H2,1-5H3/t12-,13+/m1/s1. The van der Waals surface area contributed by atoms with E-state index >= 15 is 0 Å². The Bertz CT molecular complexity index is 369. The van der Waals surface area contributed by atoms with E-state index in [1.807, 2.05) is 6.92 Å². The number of hydrogen-bond donors (Lipinski definition) is 0. The third kappa shape index (κ3) is 8.08. The predicted octanol–water partition coefficient (Wildman–Crippen LogP) is 4.34. The van der Waals surface area contributed by atoms with Gasteiger partial charge in [-0.1, -0.05) is 40.0 Å². The van der Waals surface area contributed by atoms with Gasteiger partial charge in [-0.3, -0.25) is 4.79 Å². The summed E-state index contributed by atoms with van der Waals surface area (Å²) in [5.41, 5.74) is -0.508. The Morgan fingerprint density at radius 3 is 2.15 bits per heavy atom. The van der Waals surface area contributed by atoms with Gasteiger partial charge in [-0.15, -0.1) is 0 Å². The normalized spacial score (nSPS) is 15.0. The molecule has 0 spiro atoms. The molecule has 0 aromatic carbocycles. The molecule has 2 atom stereocenters. The summed E-state index contributed by atoms with van der Waals surface area (Å²) in [4.78, 5) is 11.2. The number of esters is 1. The van der Waals surface area contributed by atoms with Crippen LogP contribution < -0.4 is 0 Å². The number of rotatable bonds is 5. The zero-order valence-electron chi connectivity index (χ0n) is 12.7. The number of ether oxygens (including phenoxy) is 1. The van der Waals surface area contributed by atoms with Crippen molar-refractivity contribution in [1.82, 2.24) is 0 Å². The van der Waals surface area contributed by atoms with Gasteiger partial charge < -0.3 is 4.74 Å². The maximum atomic E-state index is 12.3. The molecule has 0 heterocycles. The first kappa shape index (κ1) is 18.8. The highest BCUT2D eigenvalue weighted by atomic mass is 19.4. The van der Waals surface area contributed by atoms with Crippen LogP contribution in [0, 0.1) is 23.2 Å². The van der Waals surface area contributed by atoms with Crippen LogP contribution in [-0.4, -0.2) is 18.2 Å². The monoisotopic (exact) mass is 292 g/mol. The molecular formula is C15H23F3O2. The number of carbonyl (C=O) groups is 1. The van der Waals surface area contributed by atoms with Crippen LogP contribution in [0.15, 0.2) is 0 Å². The van der Waals surface area contributed by atoms with E-state index in [9.17, 15) is 18.0 Å². The van der Waals surface area contributed by atoms with E-state index in [0.717, 1.165) is 12.8 Å². The van der Waals surface area contributed by atoms with Gasteiger partial charge in [0.15, 0.2) is 0 Å². The fourth-order valence-electron chi connectivity index (χ4n) is 1.94. The summed E-state index contributed by atoms with van der Waals surface area (Å²) in [7, 11) is 0. The molecule has 116 valence electrons. The third-order valence-corrected chi connectivity index (χ3v) is 2.83. The second-order valence-corrected chi connectivity index (χ2v) is 5.90. The smallest absolute Gasteiger partial charge is 0.457 e. The average molecular weight is 292 g/mol. The first-order valence-corrected chi connectivity index (χ1v) is 6.74. The summed E-state index contributed by atoms with van der Waals surface area (Å²) in [6.07, 6.45) is -2.97. The van der Waals surface area contributed by atoms with Crippen LogP contribution in [0.4, 0.5) is 13.2 Å². The lowest BCUT2D eigenvalue weighted by Crippen LogP contribution is -2.34. The minimum absolute atomic E-state index is 0.492. The zero-order valence-corrected chi connectivity index (χ0v) is 12.7. The third-order valence-electron chi connectivity index (χ3n) is 2.83. The van der Waals surface area contributed by atoms with Crippen LogP contribution in [0.5, 0.6) is 0 Å². The average Bonchev–Trinajstić information content (AvgIpc) is 2.21. The van der Waals surface area contributed by atoms with E-state index in [1.54, 1.807) is 20.8 Å². The summed E-state index contributed by atoms with van der Waals surface area (Å²) < 4.78 is 42.1. The van der Waals surface area contributed by atoms with E-state index in [-0.39, 0.29) is 0 Å². The molecular weight excluding hydrogens is 269 g/mol. The molecule has 0 radical (unpaired) electrons. The summed E-state index contributed by atoms with van der Waals surface area (Å²) in [6, 6.07) is 0. The molecule has 20 heavy (non-hydrogen) atoms. The molecule has 0 N–H and O–H groups in total. The maximum Gasteiger partial charge on any atom is 0.457 e. The molecule has 0 saturated carbocycles. The topological polar surface area (TPSA) is 26.3 Å². The van der Waals surface area contributed by atoms with Crippen LogP contribution >= 0.6 is 0 Å². The molecule has 0 bridgehead atoms. The zero-order chi connectivity index (χ0) is 16.0.